The topological polar surface area (TPSA) is 71.9 Å². The van der Waals surface area contributed by atoms with E-state index in [1.807, 2.05) is 18.4 Å². The van der Waals surface area contributed by atoms with Crippen molar-refractivity contribution in [3.8, 4) is 0 Å². The number of thiophene rings is 1. The molecule has 0 aliphatic rings. The number of nitrogens with one attached hydrogen (secondary N) is 1. The van der Waals surface area contributed by atoms with Crippen molar-refractivity contribution in [2.24, 2.45) is 0 Å². The van der Waals surface area contributed by atoms with Crippen molar-refractivity contribution >= 4 is 17.1 Å². The van der Waals surface area contributed by atoms with Crippen LogP contribution in [0.3, 0.4) is 0 Å². The lowest BCUT2D eigenvalue weighted by atomic mass is 10.2. The van der Waals surface area contributed by atoms with E-state index in [4.69, 9.17) is 0 Å². The maximum absolute atomic E-state index is 12.0. The van der Waals surface area contributed by atoms with E-state index < -0.39 is 11.2 Å². The van der Waals surface area contributed by atoms with Gasteiger partial charge in [0, 0.05) is 11.1 Å². The lowest BCUT2D eigenvalue weighted by Crippen LogP contribution is -2.37. The predicted molar refractivity (Wildman–Crippen MR) is 69.5 cm³/mol. The molecule has 0 aromatic carbocycles. The zero-order chi connectivity index (χ0) is 13.3. The summed E-state index contributed by atoms with van der Waals surface area (Å²) in [5, 5.41) is 1.90. The number of aryl methyl sites for hydroxylation is 1. The first kappa shape index (κ1) is 12.5. The molecule has 5 nitrogen and oxygen atoms in total. The van der Waals surface area contributed by atoms with E-state index in [9.17, 15) is 14.4 Å². The summed E-state index contributed by atoms with van der Waals surface area (Å²) in [5.41, 5.74) is -0.0137. The molecule has 0 aliphatic heterocycles. The van der Waals surface area contributed by atoms with E-state index >= 15 is 0 Å². The van der Waals surface area contributed by atoms with Crippen molar-refractivity contribution in [3.63, 3.8) is 0 Å². The van der Waals surface area contributed by atoms with Crippen molar-refractivity contribution in [1.82, 2.24) is 9.55 Å². The quantitative estimate of drug-likeness (QED) is 0.845. The molecule has 0 radical (unpaired) electrons. The van der Waals surface area contributed by atoms with Gasteiger partial charge >= 0.3 is 5.69 Å². The van der Waals surface area contributed by atoms with Crippen molar-refractivity contribution in [2.75, 3.05) is 0 Å². The number of Topliss-reactive ketones (excluding diaryl/α,β-unsaturated/α-hetero) is 1. The maximum atomic E-state index is 12.0. The fourth-order valence-electron chi connectivity index (χ4n) is 1.62. The van der Waals surface area contributed by atoms with Gasteiger partial charge in [-0.1, -0.05) is 0 Å². The fourth-order valence-corrected chi connectivity index (χ4v) is 2.51. The molecule has 1 N–H and O–H groups in total. The molecule has 0 bridgehead atoms. The Morgan fingerprint density at radius 3 is 2.72 bits per heavy atom. The number of hydrogen-bond acceptors (Lipinski definition) is 4. The highest BCUT2D eigenvalue weighted by Crippen LogP contribution is 2.15. The van der Waals surface area contributed by atoms with E-state index in [1.165, 1.54) is 24.5 Å². The van der Waals surface area contributed by atoms with Crippen LogP contribution in [0.5, 0.6) is 0 Å². The van der Waals surface area contributed by atoms with Gasteiger partial charge in [-0.2, -0.15) is 0 Å². The number of nitrogens with zero attached hydrogens (tertiary/aromatic N) is 1. The van der Waals surface area contributed by atoms with Crippen molar-refractivity contribution in [2.45, 2.75) is 20.4 Å². The van der Waals surface area contributed by atoms with E-state index in [0.29, 0.717) is 0 Å². The summed E-state index contributed by atoms with van der Waals surface area (Å²) in [6.45, 7) is 3.41. The van der Waals surface area contributed by atoms with Crippen LogP contribution in [0.4, 0.5) is 0 Å². The Bertz CT molecular complexity index is 709. The summed E-state index contributed by atoms with van der Waals surface area (Å²) >= 11 is 1.48. The number of hydrogen-bond donors (Lipinski definition) is 1. The largest absolute Gasteiger partial charge is 0.328 e. The van der Waals surface area contributed by atoms with Gasteiger partial charge in [-0.15, -0.1) is 11.3 Å². The summed E-state index contributed by atoms with van der Waals surface area (Å²) in [4.78, 5) is 38.3. The number of aromatic nitrogens is 2. The van der Waals surface area contributed by atoms with Gasteiger partial charge in [-0.3, -0.25) is 14.2 Å². The van der Waals surface area contributed by atoms with Crippen LogP contribution in [0.1, 0.15) is 27.7 Å². The highest BCUT2D eigenvalue weighted by Gasteiger charge is 2.12. The summed E-state index contributed by atoms with van der Waals surface area (Å²) in [5.74, 6) is -0.354. The number of carbonyl (C=O) groups is 1. The third kappa shape index (κ3) is 2.19. The van der Waals surface area contributed by atoms with Gasteiger partial charge in [-0.05, 0) is 30.9 Å². The van der Waals surface area contributed by atoms with Crippen LogP contribution in [-0.2, 0) is 6.54 Å². The Balaban J connectivity index is 2.55. The van der Waals surface area contributed by atoms with E-state index in [-0.39, 0.29) is 17.9 Å². The van der Waals surface area contributed by atoms with Crippen LogP contribution < -0.4 is 11.2 Å². The van der Waals surface area contributed by atoms with Crippen molar-refractivity contribution in [3.05, 3.63) is 54.5 Å². The Morgan fingerprint density at radius 2 is 2.17 bits per heavy atom. The molecule has 0 saturated carbocycles. The van der Waals surface area contributed by atoms with Crippen LogP contribution >= 0.6 is 11.3 Å². The number of aromatic amines is 1. The van der Waals surface area contributed by atoms with Gasteiger partial charge in [0.2, 0.25) is 0 Å². The normalized spacial score (nSPS) is 10.6. The molecule has 0 fully saturated rings. The summed E-state index contributed by atoms with van der Waals surface area (Å²) in [6.07, 6.45) is 1.17. The lowest BCUT2D eigenvalue weighted by molar-refractivity contribution is 0.101. The molecule has 0 unspecified atom stereocenters. The molecule has 0 atom stereocenters. The molecule has 94 valence electrons. The van der Waals surface area contributed by atoms with E-state index in [2.05, 4.69) is 4.98 Å². The minimum absolute atomic E-state index is 0.00353. The molecule has 0 saturated heterocycles. The fraction of sp³-hybridized carbons (Fsp3) is 0.250. The Morgan fingerprint density at radius 1 is 1.44 bits per heavy atom. The van der Waals surface area contributed by atoms with Crippen LogP contribution in [0.2, 0.25) is 0 Å². The molecular weight excluding hydrogens is 252 g/mol. The number of H-pyrrole nitrogens is 1. The molecule has 6 heteroatoms. The highest BCUT2D eigenvalue weighted by atomic mass is 32.1. The number of ketones is 1. The average molecular weight is 264 g/mol. The lowest BCUT2D eigenvalue weighted by Gasteiger charge is -2.05. The molecular formula is C12H12N2O3S. The van der Waals surface area contributed by atoms with Gasteiger partial charge in [0.1, 0.15) is 0 Å². The summed E-state index contributed by atoms with van der Waals surface area (Å²) in [7, 11) is 0. The van der Waals surface area contributed by atoms with Crippen LogP contribution in [0.15, 0.2) is 27.2 Å². The third-order valence-electron chi connectivity index (χ3n) is 2.71. The van der Waals surface area contributed by atoms with Gasteiger partial charge in [0.05, 0.1) is 12.1 Å². The second kappa shape index (κ2) is 4.73. The zero-order valence-electron chi connectivity index (χ0n) is 10.0. The smallest absolute Gasteiger partial charge is 0.313 e. The molecule has 2 aromatic rings. The number of rotatable bonds is 3. The molecule has 2 rings (SSSR count). The third-order valence-corrected chi connectivity index (χ3v) is 3.72. The molecule has 0 amide bonds. The van der Waals surface area contributed by atoms with Crippen LogP contribution in [0.25, 0.3) is 0 Å². The molecule has 2 heterocycles. The highest BCUT2D eigenvalue weighted by molar-refractivity contribution is 7.10. The van der Waals surface area contributed by atoms with Gasteiger partial charge in [-0.25, -0.2) is 4.79 Å². The average Bonchev–Trinajstić information content (AvgIpc) is 2.69. The van der Waals surface area contributed by atoms with Gasteiger partial charge in [0.15, 0.2) is 5.78 Å². The Hall–Kier alpha value is -1.95. The minimum atomic E-state index is -0.543. The SMILES string of the molecule is CC(=O)c1c[nH]c(=O)n(Cc2sccc2C)c1=O. The van der Waals surface area contributed by atoms with Crippen LogP contribution in [0, 0.1) is 6.92 Å². The Kier molecular flexibility index (Phi) is 3.29. The predicted octanol–water partition coefficient (Wildman–Crippen LogP) is 1.16. The standard InChI is InChI=1S/C12H12N2O3S/c1-7-3-4-18-10(7)6-14-11(16)9(8(2)15)5-13-12(14)17/h3-5H,6H2,1-2H3,(H,13,17). The van der Waals surface area contributed by atoms with Crippen molar-refractivity contribution < 1.29 is 4.79 Å². The first-order valence-corrected chi connectivity index (χ1v) is 6.25. The maximum Gasteiger partial charge on any atom is 0.328 e. The molecule has 0 aliphatic carbocycles. The Labute approximate surface area is 107 Å². The molecule has 2 aromatic heterocycles. The van der Waals surface area contributed by atoms with Gasteiger partial charge in [0.25, 0.3) is 5.56 Å². The monoisotopic (exact) mass is 264 g/mol. The van der Waals surface area contributed by atoms with Gasteiger partial charge < -0.3 is 4.98 Å². The van der Waals surface area contributed by atoms with E-state index in [1.54, 1.807) is 0 Å². The van der Waals surface area contributed by atoms with E-state index in [0.717, 1.165) is 15.0 Å². The molecule has 0 spiro atoms. The zero-order valence-corrected chi connectivity index (χ0v) is 10.8. The molecule has 18 heavy (non-hydrogen) atoms. The van der Waals surface area contributed by atoms with Crippen molar-refractivity contribution in [1.29, 1.82) is 0 Å². The first-order valence-electron chi connectivity index (χ1n) is 5.37. The minimum Gasteiger partial charge on any atom is -0.313 e. The summed E-state index contributed by atoms with van der Waals surface area (Å²) in [6, 6.07) is 1.92. The number of carbonyl (C=O) groups excluding carboxylic acids is 1. The van der Waals surface area contributed by atoms with Crippen LogP contribution in [-0.4, -0.2) is 15.3 Å². The summed E-state index contributed by atoms with van der Waals surface area (Å²) < 4.78 is 1.05. The second-order valence-corrected chi connectivity index (χ2v) is 4.98. The first-order chi connectivity index (χ1) is 8.50. The second-order valence-electron chi connectivity index (χ2n) is 3.98.